The van der Waals surface area contributed by atoms with E-state index in [4.69, 9.17) is 14.2 Å². The molecule has 0 bridgehead atoms. The number of amides is 2. The van der Waals surface area contributed by atoms with Gasteiger partial charge < -0.3 is 24.4 Å². The van der Waals surface area contributed by atoms with E-state index < -0.39 is 30.1 Å². The third-order valence-corrected chi connectivity index (χ3v) is 4.53. The van der Waals surface area contributed by atoms with Crippen LogP contribution in [0.5, 0.6) is 11.5 Å². The SMILES string of the molecule is COCCN(CC(=O)Nc1ccccc1C(F)(F)F)C(=O)/C=C/c1ccc2c(c1)OCO2. The number of halogens is 3. The van der Waals surface area contributed by atoms with E-state index in [1.807, 2.05) is 0 Å². The number of hydrogen-bond acceptors (Lipinski definition) is 5. The van der Waals surface area contributed by atoms with Gasteiger partial charge in [0, 0.05) is 19.7 Å². The monoisotopic (exact) mass is 450 g/mol. The highest BCUT2D eigenvalue weighted by atomic mass is 19.4. The van der Waals surface area contributed by atoms with Gasteiger partial charge in [0.2, 0.25) is 18.6 Å². The number of benzene rings is 2. The molecule has 2 aromatic carbocycles. The Hall–Kier alpha value is -3.53. The van der Waals surface area contributed by atoms with Crippen molar-refractivity contribution >= 4 is 23.6 Å². The second kappa shape index (κ2) is 10.2. The van der Waals surface area contributed by atoms with Crippen molar-refractivity contribution in [2.45, 2.75) is 6.18 Å². The van der Waals surface area contributed by atoms with Crippen LogP contribution < -0.4 is 14.8 Å². The van der Waals surface area contributed by atoms with E-state index in [0.29, 0.717) is 17.1 Å². The molecule has 0 atom stereocenters. The molecule has 1 aliphatic rings. The molecule has 2 amide bonds. The lowest BCUT2D eigenvalue weighted by atomic mass is 10.1. The standard InChI is InChI=1S/C22H21F3N2O5/c1-30-11-10-27(13-20(28)26-17-5-3-2-4-16(17)22(23,24)25)21(29)9-7-15-6-8-18-19(12-15)32-14-31-18/h2-9,12H,10-11,13-14H2,1H3,(H,26,28)/b9-7+. The van der Waals surface area contributed by atoms with Crippen molar-refractivity contribution in [1.29, 1.82) is 0 Å². The quantitative estimate of drug-likeness (QED) is 0.623. The lowest BCUT2D eigenvalue weighted by Crippen LogP contribution is -2.39. The second-order valence-electron chi connectivity index (χ2n) is 6.79. The normalized spacial score (nSPS) is 12.8. The first-order valence-corrected chi connectivity index (χ1v) is 9.59. The number of anilines is 1. The summed E-state index contributed by atoms with van der Waals surface area (Å²) in [7, 11) is 1.44. The van der Waals surface area contributed by atoms with Crippen LogP contribution in [0.15, 0.2) is 48.5 Å². The first kappa shape index (κ1) is 23.1. The molecule has 0 fully saturated rings. The number of nitrogens with zero attached hydrogens (tertiary/aromatic N) is 1. The maximum atomic E-state index is 13.1. The van der Waals surface area contributed by atoms with E-state index in [-0.39, 0.29) is 25.6 Å². The molecule has 0 radical (unpaired) electrons. The molecule has 7 nitrogen and oxygen atoms in total. The van der Waals surface area contributed by atoms with Crippen LogP contribution in [0.25, 0.3) is 6.08 Å². The number of alkyl halides is 3. The molecule has 0 aliphatic carbocycles. The summed E-state index contributed by atoms with van der Waals surface area (Å²) in [6.07, 6.45) is -1.81. The van der Waals surface area contributed by atoms with Gasteiger partial charge in [0.15, 0.2) is 11.5 Å². The minimum absolute atomic E-state index is 0.0785. The number of carbonyl (C=O) groups excluding carboxylic acids is 2. The molecule has 0 unspecified atom stereocenters. The summed E-state index contributed by atoms with van der Waals surface area (Å²) in [5, 5.41) is 2.23. The minimum Gasteiger partial charge on any atom is -0.454 e. The van der Waals surface area contributed by atoms with Crippen molar-refractivity contribution in [2.75, 3.05) is 38.9 Å². The van der Waals surface area contributed by atoms with Gasteiger partial charge in [-0.2, -0.15) is 13.2 Å². The average molecular weight is 450 g/mol. The molecule has 0 saturated heterocycles. The molecule has 3 rings (SSSR count). The molecule has 1 heterocycles. The van der Waals surface area contributed by atoms with Crippen LogP contribution in [0.2, 0.25) is 0 Å². The number of nitrogens with one attached hydrogen (secondary N) is 1. The van der Waals surface area contributed by atoms with Gasteiger partial charge in [-0.25, -0.2) is 0 Å². The summed E-state index contributed by atoms with van der Waals surface area (Å²) in [6.45, 7) is -0.0934. The molecular weight excluding hydrogens is 429 g/mol. The van der Waals surface area contributed by atoms with Crippen LogP contribution in [0.3, 0.4) is 0 Å². The summed E-state index contributed by atoms with van der Waals surface area (Å²) in [5.74, 6) is -0.105. The molecule has 0 aromatic heterocycles. The Morgan fingerprint density at radius 3 is 2.66 bits per heavy atom. The van der Waals surface area contributed by atoms with Gasteiger partial charge in [0.1, 0.15) is 6.54 Å². The molecule has 2 aromatic rings. The fraction of sp³-hybridized carbons (Fsp3) is 0.273. The molecule has 0 spiro atoms. The van der Waals surface area contributed by atoms with Crippen molar-refractivity contribution in [3.8, 4) is 11.5 Å². The maximum absolute atomic E-state index is 13.1. The van der Waals surface area contributed by atoms with Crippen LogP contribution in [-0.4, -0.2) is 50.3 Å². The molecular formula is C22H21F3N2O5. The van der Waals surface area contributed by atoms with Crippen LogP contribution in [0.1, 0.15) is 11.1 Å². The number of ether oxygens (including phenoxy) is 3. The summed E-state index contributed by atoms with van der Waals surface area (Å²) in [5.41, 5.74) is -0.663. The molecule has 0 saturated carbocycles. The summed E-state index contributed by atoms with van der Waals surface area (Å²) in [4.78, 5) is 26.2. The number of carbonyl (C=O) groups is 2. The smallest absolute Gasteiger partial charge is 0.418 e. The number of methoxy groups -OCH3 is 1. The number of rotatable bonds is 8. The molecule has 170 valence electrons. The van der Waals surface area contributed by atoms with Crippen LogP contribution in [0.4, 0.5) is 18.9 Å². The highest BCUT2D eigenvalue weighted by Crippen LogP contribution is 2.34. The third-order valence-electron chi connectivity index (χ3n) is 4.53. The summed E-state index contributed by atoms with van der Waals surface area (Å²) < 4.78 is 54.9. The topological polar surface area (TPSA) is 77.1 Å². The second-order valence-corrected chi connectivity index (χ2v) is 6.79. The molecule has 1 N–H and O–H groups in total. The van der Waals surface area contributed by atoms with Crippen LogP contribution >= 0.6 is 0 Å². The number of hydrogen-bond donors (Lipinski definition) is 1. The first-order valence-electron chi connectivity index (χ1n) is 9.59. The Kier molecular flexibility index (Phi) is 7.37. The van der Waals surface area contributed by atoms with Crippen molar-refractivity contribution in [3.05, 3.63) is 59.7 Å². The Morgan fingerprint density at radius 1 is 1.16 bits per heavy atom. The zero-order chi connectivity index (χ0) is 23.1. The van der Waals surface area contributed by atoms with Gasteiger partial charge >= 0.3 is 6.18 Å². The minimum atomic E-state index is -4.62. The lowest BCUT2D eigenvalue weighted by Gasteiger charge is -2.21. The van der Waals surface area contributed by atoms with E-state index >= 15 is 0 Å². The molecule has 32 heavy (non-hydrogen) atoms. The van der Waals surface area contributed by atoms with E-state index in [1.54, 1.807) is 24.3 Å². The van der Waals surface area contributed by atoms with E-state index in [9.17, 15) is 22.8 Å². The Bertz CT molecular complexity index is 1010. The molecule has 10 heteroatoms. The van der Waals surface area contributed by atoms with Gasteiger partial charge in [-0.15, -0.1) is 0 Å². The largest absolute Gasteiger partial charge is 0.454 e. The highest BCUT2D eigenvalue weighted by molar-refractivity contribution is 5.98. The van der Waals surface area contributed by atoms with Crippen LogP contribution in [0, 0.1) is 0 Å². The van der Waals surface area contributed by atoms with E-state index in [2.05, 4.69) is 5.32 Å². The first-order chi connectivity index (χ1) is 15.3. The molecule has 1 aliphatic heterocycles. The number of para-hydroxylation sites is 1. The Balaban J connectivity index is 1.68. The van der Waals surface area contributed by atoms with Gasteiger partial charge in [-0.3, -0.25) is 9.59 Å². The van der Waals surface area contributed by atoms with Crippen molar-refractivity contribution in [3.63, 3.8) is 0 Å². The fourth-order valence-electron chi connectivity index (χ4n) is 2.96. The average Bonchev–Trinajstić information content (AvgIpc) is 3.22. The summed E-state index contributed by atoms with van der Waals surface area (Å²) in [6, 6.07) is 9.78. The number of fused-ring (bicyclic) bond motifs is 1. The van der Waals surface area contributed by atoms with Gasteiger partial charge in [-0.05, 0) is 35.9 Å². The highest BCUT2D eigenvalue weighted by Gasteiger charge is 2.33. The van der Waals surface area contributed by atoms with Gasteiger partial charge in [0.25, 0.3) is 0 Å². The predicted molar refractivity (Wildman–Crippen MR) is 110 cm³/mol. The predicted octanol–water partition coefficient (Wildman–Crippen LogP) is 3.56. The van der Waals surface area contributed by atoms with Gasteiger partial charge in [0.05, 0.1) is 17.9 Å². The Labute approximate surface area is 182 Å². The zero-order valence-electron chi connectivity index (χ0n) is 17.1. The van der Waals surface area contributed by atoms with E-state index in [1.165, 1.54) is 30.2 Å². The van der Waals surface area contributed by atoms with Crippen molar-refractivity contribution < 1.29 is 37.0 Å². The van der Waals surface area contributed by atoms with Crippen LogP contribution in [-0.2, 0) is 20.5 Å². The van der Waals surface area contributed by atoms with Crippen molar-refractivity contribution in [2.24, 2.45) is 0 Å². The van der Waals surface area contributed by atoms with E-state index in [0.717, 1.165) is 12.1 Å². The van der Waals surface area contributed by atoms with Gasteiger partial charge in [-0.1, -0.05) is 18.2 Å². The zero-order valence-corrected chi connectivity index (χ0v) is 17.1. The fourth-order valence-corrected chi connectivity index (χ4v) is 2.96. The lowest BCUT2D eigenvalue weighted by molar-refractivity contribution is -0.137. The van der Waals surface area contributed by atoms with Crippen molar-refractivity contribution in [1.82, 2.24) is 4.90 Å². The Morgan fingerprint density at radius 2 is 1.91 bits per heavy atom. The third kappa shape index (κ3) is 6.01. The maximum Gasteiger partial charge on any atom is 0.418 e. The summed E-state index contributed by atoms with van der Waals surface area (Å²) >= 11 is 0.